The van der Waals surface area contributed by atoms with Crippen LogP contribution >= 0.6 is 11.8 Å². The summed E-state index contributed by atoms with van der Waals surface area (Å²) in [6.45, 7) is 7.95. The van der Waals surface area contributed by atoms with Gasteiger partial charge in [0.05, 0.1) is 104 Å². The van der Waals surface area contributed by atoms with Crippen LogP contribution in [0.5, 0.6) is 11.5 Å². The molecule has 4 aromatic rings. The Kier molecular flexibility index (Phi) is 47.4. The van der Waals surface area contributed by atoms with E-state index in [0.29, 0.717) is 36.9 Å². The molecule has 0 saturated carbocycles. The average molecular weight is 1890 g/mol. The molecule has 0 aliphatic carbocycles. The fraction of sp³-hybridized carbons (Fsp3) is 0.532. The monoisotopic (exact) mass is 1890 g/mol. The zero-order valence-corrected chi connectivity index (χ0v) is 77.0. The van der Waals surface area contributed by atoms with Gasteiger partial charge in [-0.1, -0.05) is 119 Å². The lowest BCUT2D eigenvalue weighted by Gasteiger charge is -2.28. The number of thioether (sulfide) groups is 1. The molecule has 1 fully saturated rings. The number of aromatic hydroxyl groups is 2. The maximum absolute atomic E-state index is 14.9. The number of carbonyl (C=O) groups excluding carboxylic acids is 17. The normalized spacial score (nSPS) is 15.5. The van der Waals surface area contributed by atoms with Gasteiger partial charge in [-0.05, 0) is 137 Å². The molecule has 732 valence electrons. The highest BCUT2D eigenvalue weighted by molar-refractivity contribution is 8.14. The van der Waals surface area contributed by atoms with Gasteiger partial charge in [0, 0.05) is 93.5 Å². The van der Waals surface area contributed by atoms with Crippen molar-refractivity contribution in [3.05, 3.63) is 131 Å². The number of phenolic OH excluding ortho intramolecular Hbond substituents is 2. The van der Waals surface area contributed by atoms with Crippen LogP contribution in [-0.2, 0) is 101 Å². The van der Waals surface area contributed by atoms with Crippen LogP contribution in [0.2, 0.25) is 0 Å². The Morgan fingerprint density at radius 1 is 0.448 bits per heavy atom. The summed E-state index contributed by atoms with van der Waals surface area (Å²) in [7, 11) is 0. The quantitative estimate of drug-likeness (QED) is 0.0223. The van der Waals surface area contributed by atoms with E-state index in [2.05, 4.69) is 42.5 Å². The number of imide groups is 1. The zero-order valence-electron chi connectivity index (χ0n) is 76.1. The Bertz CT molecular complexity index is 4730. The Morgan fingerprint density at radius 3 is 1.43 bits per heavy atom. The molecule has 19 N–H and O–H groups in total. The van der Waals surface area contributed by atoms with Gasteiger partial charge in [0.1, 0.15) is 17.5 Å². The number of ketones is 7. The number of hydrogen-bond donors (Lipinski definition) is 18. The largest absolute Gasteiger partial charge is 0.508 e. The lowest BCUT2D eigenvalue weighted by Crippen LogP contribution is -2.52. The lowest BCUT2D eigenvalue weighted by atomic mass is 9.85. The van der Waals surface area contributed by atoms with Gasteiger partial charge in [0.15, 0.2) is 40.5 Å². The van der Waals surface area contributed by atoms with E-state index < -0.39 is 303 Å². The van der Waals surface area contributed by atoms with Crippen LogP contribution in [0, 0.1) is 53.3 Å². The fourth-order valence-electron chi connectivity index (χ4n) is 15.0. The van der Waals surface area contributed by atoms with Gasteiger partial charge >= 0.3 is 17.9 Å². The molecule has 5 rings (SSSR count). The standard InChI is InChI=1S/C94H126N10O29S/c1-8-52(4)85(80(117)41-62(35-57-17-26-66(109)27-18-57)89(128)99-71(34-51(2)3)76(113)39-63(43-83(121)122)88(127)98-53(5)14-12-13-31-95)103-91(130)65(48-105)42-77(114)72(37-58-19-28-67(110)29-20-58)100-90(129)64(44-84(123)124)40-78(115)74(49-106)102-93(132)70(55(7)108)46-79(116)73(36-56-15-10-9-11-16-56)101-92(131)69(54(6)107)45-68(111)47-97-87(126)61(25-30-82(119)120)38-75(112)59-21-23-60(24-22-59)86(125)96-32-33-104-81(118)50-134-94(104)133/h9-11,15-24,26-29,51-55,61-65,69-74,85,105-110H,8,12-14,25,30-50,95H2,1-7H3,(H,96,125)(H,97,126)(H,98,127)(H,99,128)(H,100,129)(H,101,131)(H,102,132)(H,103,130)(H,119,120)(H,121,122)(H,123,124)/t52-,53+,54+,55+,61+,62+,63-,64-,65-,69-,70-,71-,72-,73-,74-,85-/m0/s1. The Morgan fingerprint density at radius 2 is 0.918 bits per heavy atom. The van der Waals surface area contributed by atoms with Crippen LogP contribution in [0.25, 0.3) is 0 Å². The van der Waals surface area contributed by atoms with Gasteiger partial charge in [-0.2, -0.15) is 0 Å². The molecule has 40 heteroatoms. The average Bonchev–Trinajstić information content (AvgIpc) is 1.10. The molecule has 1 saturated heterocycles. The Hall–Kier alpha value is -12.4. The predicted molar refractivity (Wildman–Crippen MR) is 484 cm³/mol. The fourth-order valence-corrected chi connectivity index (χ4v) is 15.7. The summed E-state index contributed by atoms with van der Waals surface area (Å²) < 4.78 is 0. The highest BCUT2D eigenvalue weighted by atomic mass is 32.2. The van der Waals surface area contributed by atoms with E-state index in [1.807, 2.05) is 0 Å². The van der Waals surface area contributed by atoms with Crippen LogP contribution in [-0.4, -0.2) is 261 Å². The van der Waals surface area contributed by atoms with E-state index in [0.717, 1.165) is 30.5 Å². The Labute approximate surface area is 779 Å². The zero-order chi connectivity index (χ0) is 99.8. The van der Waals surface area contributed by atoms with Gasteiger partial charge < -0.3 is 94.2 Å². The summed E-state index contributed by atoms with van der Waals surface area (Å²) >= 11 is 0.832. The highest BCUT2D eigenvalue weighted by Crippen LogP contribution is 2.28. The smallest absolute Gasteiger partial charge is 0.304 e. The van der Waals surface area contributed by atoms with Crippen LogP contribution in [0.4, 0.5) is 4.79 Å². The van der Waals surface area contributed by atoms with Crippen molar-refractivity contribution in [2.75, 3.05) is 45.1 Å². The van der Waals surface area contributed by atoms with Gasteiger partial charge in [0.25, 0.3) is 11.1 Å². The molecule has 39 nitrogen and oxygen atoms in total. The molecule has 1 aliphatic rings. The SMILES string of the molecule is CC[C@H](C)[C@H](NC(=O)[C@H](CO)CC(=O)[C@H](Cc1ccc(O)cc1)NC(=O)[C@H](CC(=O)O)CC(=O)[C@H](CO)NC(=O)[C@@H](CC(=O)[C@H](Cc1ccccc1)NC(=O)[C@@H](CC(=O)CNC(=O)[C@H](CCC(=O)O)CC(=O)c1ccc(C(=O)NCCN2C(=O)CSC2=O)cc1)[C@@H](C)O)[C@@H](C)O)C(=O)C[C@@H](Cc1ccc(O)cc1)C(=O)N[C@@H](CC(C)C)C(=O)C[C@@H](CC(=O)O)C(=O)N[C@H](C)CCCCN. The molecule has 1 aliphatic heterocycles. The minimum absolute atomic E-state index is 0.0121. The van der Waals surface area contributed by atoms with E-state index in [-0.39, 0.29) is 85.1 Å². The number of aliphatic hydroxyl groups is 4. The lowest BCUT2D eigenvalue weighted by molar-refractivity contribution is -0.143. The number of hydrogen-bond acceptors (Lipinski definition) is 28. The van der Waals surface area contributed by atoms with Crippen LogP contribution < -0.4 is 48.3 Å². The molecule has 1 heterocycles. The molecule has 0 aromatic heterocycles. The van der Waals surface area contributed by atoms with Crippen molar-refractivity contribution < 1.29 is 142 Å². The molecule has 0 radical (unpaired) electrons. The number of carbonyl (C=O) groups is 20. The van der Waals surface area contributed by atoms with Crippen molar-refractivity contribution in [1.29, 1.82) is 0 Å². The molecule has 0 unspecified atom stereocenters. The number of unbranched alkanes of at least 4 members (excludes halogenated alkanes) is 1. The first kappa shape index (κ1) is 112. The number of rotatable bonds is 64. The van der Waals surface area contributed by atoms with E-state index in [1.165, 1.54) is 72.8 Å². The number of carboxylic acids is 3. The Balaban J connectivity index is 1.30. The summed E-state index contributed by atoms with van der Waals surface area (Å²) in [5.41, 5.74) is 6.88. The predicted octanol–water partition coefficient (Wildman–Crippen LogP) is 2.72. The number of nitrogens with zero attached hydrogens (tertiary/aromatic N) is 1. The number of Topliss-reactive ketones (excluding diaryl/α,β-unsaturated/α-hetero) is 7. The summed E-state index contributed by atoms with van der Waals surface area (Å²) in [6, 6.07) is 15.5. The number of nitrogens with one attached hydrogen (secondary N) is 8. The minimum atomic E-state index is -2.00. The third-order valence-electron chi connectivity index (χ3n) is 23.1. The number of amides is 10. The summed E-state index contributed by atoms with van der Waals surface area (Å²) in [4.78, 5) is 273. The number of aliphatic hydroxyl groups excluding tert-OH is 4. The maximum atomic E-state index is 14.9. The van der Waals surface area contributed by atoms with Gasteiger partial charge in [-0.15, -0.1) is 0 Å². The first-order valence-electron chi connectivity index (χ1n) is 44.5. The number of phenols is 2. The van der Waals surface area contributed by atoms with Gasteiger partial charge in [-0.3, -0.25) is 101 Å². The second kappa shape index (κ2) is 56.6. The van der Waals surface area contributed by atoms with Crippen molar-refractivity contribution in [2.45, 2.75) is 219 Å². The number of aliphatic carboxylic acids is 3. The number of nitrogens with two attached hydrogens (primary N) is 1. The summed E-state index contributed by atoms with van der Waals surface area (Å²) in [6.07, 6.45) is -10.5. The number of benzene rings is 4. The van der Waals surface area contributed by atoms with E-state index >= 15 is 0 Å². The summed E-state index contributed by atoms with van der Waals surface area (Å²) in [5, 5.41) is 113. The minimum Gasteiger partial charge on any atom is -0.508 e. The van der Waals surface area contributed by atoms with Crippen molar-refractivity contribution in [3.63, 3.8) is 0 Å². The van der Waals surface area contributed by atoms with Crippen molar-refractivity contribution in [2.24, 2.45) is 59.0 Å². The topological polar surface area (TPSA) is 649 Å². The van der Waals surface area contributed by atoms with Gasteiger partial charge in [0.2, 0.25) is 47.3 Å². The first-order valence-corrected chi connectivity index (χ1v) is 45.5. The third kappa shape index (κ3) is 38.3. The summed E-state index contributed by atoms with van der Waals surface area (Å²) in [5.74, 6) is -30.9. The van der Waals surface area contributed by atoms with Crippen molar-refractivity contribution >= 4 is 129 Å². The highest BCUT2D eigenvalue weighted by Gasteiger charge is 2.41. The third-order valence-corrected chi connectivity index (χ3v) is 23.9. The molecule has 134 heavy (non-hydrogen) atoms. The maximum Gasteiger partial charge on any atom is 0.304 e. The van der Waals surface area contributed by atoms with Crippen LogP contribution in [0.3, 0.4) is 0 Å². The molecule has 10 amide bonds. The first-order chi connectivity index (χ1) is 63.3. The van der Waals surface area contributed by atoms with Crippen LogP contribution in [0.15, 0.2) is 103 Å². The van der Waals surface area contributed by atoms with Crippen molar-refractivity contribution in [3.8, 4) is 11.5 Å². The molecular weight excluding hydrogens is 1770 g/mol. The molecule has 0 spiro atoms. The van der Waals surface area contributed by atoms with E-state index in [9.17, 15) is 142 Å². The molecule has 0 bridgehead atoms. The number of carboxylic acid groups (broad SMARTS) is 3. The molecular formula is C94H126N10O29S. The van der Waals surface area contributed by atoms with Crippen LogP contribution in [0.1, 0.15) is 189 Å². The van der Waals surface area contributed by atoms with Gasteiger partial charge in [-0.25, -0.2) is 0 Å². The second-order valence-electron chi connectivity index (χ2n) is 34.4. The van der Waals surface area contributed by atoms with E-state index in [4.69, 9.17) is 5.73 Å². The molecule has 16 atom stereocenters. The second-order valence-corrected chi connectivity index (χ2v) is 35.3. The molecule has 4 aromatic carbocycles. The van der Waals surface area contributed by atoms with Crippen molar-refractivity contribution in [1.82, 2.24) is 47.4 Å². The van der Waals surface area contributed by atoms with E-state index in [1.54, 1.807) is 65.0 Å².